The normalized spacial score (nSPS) is 19.8. The van der Waals surface area contributed by atoms with Gasteiger partial charge in [0, 0.05) is 31.7 Å². The lowest BCUT2D eigenvalue weighted by Crippen LogP contribution is -2.36. The van der Waals surface area contributed by atoms with Gasteiger partial charge in [0.05, 0.1) is 19.8 Å². The van der Waals surface area contributed by atoms with E-state index in [0.717, 1.165) is 51.1 Å². The fourth-order valence-corrected chi connectivity index (χ4v) is 3.80. The molecule has 2 heterocycles. The zero-order valence-electron chi connectivity index (χ0n) is 15.9. The first-order valence-electron chi connectivity index (χ1n) is 9.96. The van der Waals surface area contributed by atoms with E-state index >= 15 is 0 Å². The van der Waals surface area contributed by atoms with Crippen molar-refractivity contribution in [2.75, 3.05) is 46.4 Å². The summed E-state index contributed by atoms with van der Waals surface area (Å²) in [6.07, 6.45) is 7.67. The summed E-state index contributed by atoms with van der Waals surface area (Å²) in [6.45, 7) is 5.63. The smallest absolute Gasteiger partial charge is 0.273 e. The number of nitrogens with one attached hydrogen (secondary N) is 1. The highest BCUT2D eigenvalue weighted by Gasteiger charge is 2.18. The van der Waals surface area contributed by atoms with Gasteiger partial charge in [-0.15, -0.1) is 0 Å². The highest BCUT2D eigenvalue weighted by atomic mass is 16.5. The van der Waals surface area contributed by atoms with Crippen LogP contribution in [0.25, 0.3) is 0 Å². The molecule has 1 amide bonds. The van der Waals surface area contributed by atoms with Gasteiger partial charge >= 0.3 is 0 Å². The van der Waals surface area contributed by atoms with Crippen LogP contribution in [0.1, 0.15) is 54.8 Å². The molecule has 2 fully saturated rings. The molecule has 146 valence electrons. The minimum Gasteiger partial charge on any atom is -0.379 e. The summed E-state index contributed by atoms with van der Waals surface area (Å²) in [4.78, 5) is 16.9. The van der Waals surface area contributed by atoms with Gasteiger partial charge in [0.15, 0.2) is 11.5 Å². The van der Waals surface area contributed by atoms with E-state index in [9.17, 15) is 4.79 Å². The number of hydrogen-bond acceptors (Lipinski definition) is 6. The standard InChI is InChI=1S/C19H32N4O3/c1-22(16-6-3-2-4-7-16)9-5-8-20-19(24)18-14-17(26-21-18)15-23-10-12-25-13-11-23/h14,16H,2-13,15H2,1H3,(H,20,24). The maximum Gasteiger partial charge on any atom is 0.273 e. The average molecular weight is 364 g/mol. The molecule has 0 spiro atoms. The van der Waals surface area contributed by atoms with E-state index in [0.29, 0.717) is 18.8 Å². The van der Waals surface area contributed by atoms with Crippen molar-refractivity contribution >= 4 is 5.91 Å². The van der Waals surface area contributed by atoms with Crippen LogP contribution in [-0.2, 0) is 11.3 Å². The fourth-order valence-electron chi connectivity index (χ4n) is 3.80. The lowest BCUT2D eigenvalue weighted by Gasteiger charge is -2.31. The van der Waals surface area contributed by atoms with Crippen LogP contribution < -0.4 is 5.32 Å². The number of aromatic nitrogens is 1. The Morgan fingerprint density at radius 3 is 2.85 bits per heavy atom. The summed E-state index contributed by atoms with van der Waals surface area (Å²) < 4.78 is 10.6. The van der Waals surface area contributed by atoms with Crippen molar-refractivity contribution in [1.82, 2.24) is 20.3 Å². The van der Waals surface area contributed by atoms with E-state index in [4.69, 9.17) is 9.26 Å². The Labute approximate surface area is 156 Å². The molecule has 3 rings (SSSR count). The molecule has 0 atom stereocenters. The third-order valence-electron chi connectivity index (χ3n) is 5.45. The summed E-state index contributed by atoms with van der Waals surface area (Å²) in [5.41, 5.74) is 0.369. The predicted octanol–water partition coefficient (Wildman–Crippen LogP) is 1.89. The SMILES string of the molecule is CN(CCCNC(=O)c1cc(CN2CCOCC2)on1)C1CCCCC1. The van der Waals surface area contributed by atoms with Gasteiger partial charge in [-0.05, 0) is 32.9 Å². The van der Waals surface area contributed by atoms with Gasteiger partial charge < -0.3 is 19.5 Å². The first kappa shape index (κ1) is 19.3. The van der Waals surface area contributed by atoms with E-state index in [-0.39, 0.29) is 5.91 Å². The van der Waals surface area contributed by atoms with Crippen LogP contribution in [0, 0.1) is 0 Å². The van der Waals surface area contributed by atoms with Crippen LogP contribution in [0.5, 0.6) is 0 Å². The van der Waals surface area contributed by atoms with Crippen molar-refractivity contribution in [1.29, 1.82) is 0 Å². The highest BCUT2D eigenvalue weighted by Crippen LogP contribution is 2.21. The van der Waals surface area contributed by atoms with Gasteiger partial charge in [-0.2, -0.15) is 0 Å². The first-order chi connectivity index (χ1) is 12.7. The Kier molecular flexibility index (Phi) is 7.46. The molecule has 0 aromatic carbocycles. The molecule has 1 saturated heterocycles. The zero-order chi connectivity index (χ0) is 18.2. The number of morpholine rings is 1. The Hall–Kier alpha value is -1.44. The average Bonchev–Trinajstić information content (AvgIpc) is 3.15. The van der Waals surface area contributed by atoms with E-state index in [2.05, 4.69) is 27.3 Å². The van der Waals surface area contributed by atoms with Gasteiger partial charge in [-0.3, -0.25) is 9.69 Å². The highest BCUT2D eigenvalue weighted by molar-refractivity contribution is 5.92. The van der Waals surface area contributed by atoms with Gasteiger partial charge in [0.1, 0.15) is 0 Å². The molecule has 1 aromatic heterocycles. The number of rotatable bonds is 8. The zero-order valence-corrected chi connectivity index (χ0v) is 15.9. The van der Waals surface area contributed by atoms with Crippen molar-refractivity contribution in [3.05, 3.63) is 17.5 Å². The van der Waals surface area contributed by atoms with Gasteiger partial charge in [0.25, 0.3) is 5.91 Å². The summed E-state index contributed by atoms with van der Waals surface area (Å²) >= 11 is 0. The van der Waals surface area contributed by atoms with E-state index in [1.807, 2.05) is 0 Å². The summed E-state index contributed by atoms with van der Waals surface area (Å²) in [5, 5.41) is 6.87. The number of amides is 1. The molecule has 0 radical (unpaired) electrons. The molecule has 26 heavy (non-hydrogen) atoms. The van der Waals surface area contributed by atoms with Crippen molar-refractivity contribution < 1.29 is 14.1 Å². The largest absolute Gasteiger partial charge is 0.379 e. The maximum absolute atomic E-state index is 12.2. The molecular weight excluding hydrogens is 332 g/mol. The van der Waals surface area contributed by atoms with Crippen LogP contribution in [0.15, 0.2) is 10.6 Å². The molecular formula is C19H32N4O3. The minimum absolute atomic E-state index is 0.151. The molecule has 2 aliphatic rings. The molecule has 7 heteroatoms. The summed E-state index contributed by atoms with van der Waals surface area (Å²) in [5.74, 6) is 0.580. The number of carbonyl (C=O) groups is 1. The summed E-state index contributed by atoms with van der Waals surface area (Å²) in [6, 6.07) is 2.47. The van der Waals surface area contributed by atoms with Crippen molar-refractivity contribution in [3.8, 4) is 0 Å². The van der Waals surface area contributed by atoms with Crippen LogP contribution in [0.3, 0.4) is 0 Å². The molecule has 7 nitrogen and oxygen atoms in total. The first-order valence-corrected chi connectivity index (χ1v) is 9.96. The Bertz CT molecular complexity index is 551. The molecule has 1 saturated carbocycles. The maximum atomic E-state index is 12.2. The number of carbonyl (C=O) groups excluding carboxylic acids is 1. The second-order valence-electron chi connectivity index (χ2n) is 7.45. The van der Waals surface area contributed by atoms with E-state index < -0.39 is 0 Å². The topological polar surface area (TPSA) is 70.8 Å². The van der Waals surface area contributed by atoms with Crippen LogP contribution >= 0.6 is 0 Å². The molecule has 1 aliphatic carbocycles. The number of nitrogens with zero attached hydrogens (tertiary/aromatic N) is 3. The Morgan fingerprint density at radius 1 is 1.31 bits per heavy atom. The van der Waals surface area contributed by atoms with Crippen molar-refractivity contribution in [2.45, 2.75) is 51.1 Å². The second kappa shape index (κ2) is 10.0. The predicted molar refractivity (Wildman–Crippen MR) is 99.1 cm³/mol. The minimum atomic E-state index is -0.151. The van der Waals surface area contributed by atoms with Gasteiger partial charge in [-0.1, -0.05) is 24.4 Å². The van der Waals surface area contributed by atoms with Gasteiger partial charge in [-0.25, -0.2) is 0 Å². The van der Waals surface area contributed by atoms with E-state index in [1.165, 1.54) is 32.1 Å². The Morgan fingerprint density at radius 2 is 2.08 bits per heavy atom. The fraction of sp³-hybridized carbons (Fsp3) is 0.789. The molecule has 1 N–H and O–H groups in total. The number of ether oxygens (including phenoxy) is 1. The van der Waals surface area contributed by atoms with Crippen LogP contribution in [0.2, 0.25) is 0 Å². The quantitative estimate of drug-likeness (QED) is 0.711. The van der Waals surface area contributed by atoms with Crippen molar-refractivity contribution in [2.24, 2.45) is 0 Å². The van der Waals surface area contributed by atoms with Crippen LogP contribution in [-0.4, -0.2) is 73.3 Å². The number of hydrogen-bond donors (Lipinski definition) is 1. The monoisotopic (exact) mass is 364 g/mol. The Balaban J connectivity index is 1.34. The lowest BCUT2D eigenvalue weighted by molar-refractivity contribution is 0.0305. The molecule has 0 bridgehead atoms. The third kappa shape index (κ3) is 5.79. The third-order valence-corrected chi connectivity index (χ3v) is 5.45. The summed E-state index contributed by atoms with van der Waals surface area (Å²) in [7, 11) is 2.20. The lowest BCUT2D eigenvalue weighted by atomic mass is 9.94. The van der Waals surface area contributed by atoms with Crippen molar-refractivity contribution in [3.63, 3.8) is 0 Å². The van der Waals surface area contributed by atoms with Crippen LogP contribution in [0.4, 0.5) is 0 Å². The second-order valence-corrected chi connectivity index (χ2v) is 7.45. The molecule has 1 aliphatic heterocycles. The van der Waals surface area contributed by atoms with E-state index in [1.54, 1.807) is 6.07 Å². The molecule has 1 aromatic rings. The van der Waals surface area contributed by atoms with Gasteiger partial charge in [0.2, 0.25) is 0 Å². The molecule has 0 unspecified atom stereocenters.